The monoisotopic (exact) mass is 356 g/mol. The Morgan fingerprint density at radius 3 is 2.65 bits per heavy atom. The summed E-state index contributed by atoms with van der Waals surface area (Å²) >= 11 is 0. The molecule has 8 nitrogen and oxygen atoms in total. The highest BCUT2D eigenvalue weighted by molar-refractivity contribution is 6.20. The molecule has 1 aromatic rings. The van der Waals surface area contributed by atoms with Crippen LogP contribution in [0.5, 0.6) is 0 Å². The molecule has 0 radical (unpaired) electrons. The average Bonchev–Trinajstić information content (AvgIpc) is 3.08. The van der Waals surface area contributed by atoms with E-state index in [1.54, 1.807) is 14.0 Å². The van der Waals surface area contributed by atoms with Crippen molar-refractivity contribution in [1.29, 1.82) is 0 Å². The smallest absolute Gasteiger partial charge is 0.301 e. The lowest BCUT2D eigenvalue weighted by Gasteiger charge is -2.28. The maximum Gasteiger partial charge on any atom is 0.301 e. The summed E-state index contributed by atoms with van der Waals surface area (Å²) in [7, 11) is 3.64. The third kappa shape index (κ3) is 3.02. The van der Waals surface area contributed by atoms with E-state index in [9.17, 15) is 4.79 Å². The number of amides is 1. The van der Waals surface area contributed by atoms with Crippen molar-refractivity contribution in [1.82, 2.24) is 15.2 Å². The number of anilines is 1. The number of aromatic nitrogens is 1. The van der Waals surface area contributed by atoms with Crippen LogP contribution in [0, 0.1) is 6.92 Å². The fourth-order valence-corrected chi connectivity index (χ4v) is 2.97. The topological polar surface area (TPSA) is 95.1 Å². The highest BCUT2D eigenvalue weighted by Gasteiger charge is 2.44. The number of aryl methyl sites for hydroxylation is 1. The van der Waals surface area contributed by atoms with E-state index in [1.807, 2.05) is 14.0 Å². The minimum absolute atomic E-state index is 0.0279. The van der Waals surface area contributed by atoms with Gasteiger partial charge in [-0.05, 0) is 40.3 Å². The predicted octanol–water partition coefficient (Wildman–Crippen LogP) is 2.22. The van der Waals surface area contributed by atoms with Crippen LogP contribution in [0.1, 0.15) is 32.4 Å². The number of nitrogens with zero attached hydrogens (tertiary/aromatic N) is 4. The lowest BCUT2D eigenvalue weighted by Crippen LogP contribution is -2.32. The van der Waals surface area contributed by atoms with Crippen molar-refractivity contribution in [2.45, 2.75) is 39.2 Å². The number of hydrogen-bond donors (Lipinski definition) is 2. The lowest BCUT2D eigenvalue weighted by atomic mass is 10.0. The second kappa shape index (κ2) is 6.44. The Morgan fingerprint density at radius 1 is 1.46 bits per heavy atom. The highest BCUT2D eigenvalue weighted by atomic mass is 16.4. The molecule has 2 heterocycles. The summed E-state index contributed by atoms with van der Waals surface area (Å²) in [6, 6.07) is 0.157. The molecule has 2 N–H and O–H groups in total. The molecule has 0 aromatic carbocycles. The number of amidine groups is 1. The van der Waals surface area contributed by atoms with E-state index < -0.39 is 0 Å². The van der Waals surface area contributed by atoms with Gasteiger partial charge in [-0.15, -0.1) is 0 Å². The largest absolute Gasteiger partial charge is 0.432 e. The first-order valence-electron chi connectivity index (χ1n) is 8.44. The van der Waals surface area contributed by atoms with Gasteiger partial charge in [-0.1, -0.05) is 0 Å². The van der Waals surface area contributed by atoms with Gasteiger partial charge >= 0.3 is 6.01 Å². The van der Waals surface area contributed by atoms with Crippen molar-refractivity contribution in [2.75, 3.05) is 19.4 Å². The van der Waals surface area contributed by atoms with Crippen LogP contribution in [0.15, 0.2) is 43.3 Å². The van der Waals surface area contributed by atoms with E-state index in [-0.39, 0.29) is 17.5 Å². The van der Waals surface area contributed by atoms with Gasteiger partial charge in [0, 0.05) is 25.3 Å². The summed E-state index contributed by atoms with van der Waals surface area (Å²) in [4.78, 5) is 27.7. The minimum atomic E-state index is -0.332. The number of nitrogens with one attached hydrogen (secondary N) is 2. The first-order chi connectivity index (χ1) is 12.3. The van der Waals surface area contributed by atoms with Crippen LogP contribution >= 0.6 is 0 Å². The third-order valence-electron chi connectivity index (χ3n) is 4.93. The number of aliphatic imine (C=N–C) groups is 2. The van der Waals surface area contributed by atoms with E-state index in [0.717, 1.165) is 12.8 Å². The molecule has 0 bridgehead atoms. The van der Waals surface area contributed by atoms with E-state index in [2.05, 4.69) is 44.1 Å². The summed E-state index contributed by atoms with van der Waals surface area (Å²) < 4.78 is 5.24. The Morgan fingerprint density at radius 2 is 2.15 bits per heavy atom. The molecule has 1 saturated carbocycles. The molecular weight excluding hydrogens is 332 g/mol. The van der Waals surface area contributed by atoms with Crippen molar-refractivity contribution in [3.8, 4) is 0 Å². The maximum absolute atomic E-state index is 12.9. The van der Waals surface area contributed by atoms with Gasteiger partial charge in [-0.3, -0.25) is 15.1 Å². The number of carbonyl (C=O) groups is 1. The van der Waals surface area contributed by atoms with Crippen molar-refractivity contribution in [2.24, 2.45) is 9.98 Å². The lowest BCUT2D eigenvalue weighted by molar-refractivity contribution is -0.112. The zero-order chi connectivity index (χ0) is 19.1. The SMILES string of the molecule is C=N/C(=C1/C(C(=O)Nc2nc(C)co2)=C(C)N/C1=N/C)N(C)C1(C)CC1. The van der Waals surface area contributed by atoms with Crippen LogP contribution in [0.3, 0.4) is 0 Å². The van der Waals surface area contributed by atoms with Crippen LogP contribution < -0.4 is 10.6 Å². The van der Waals surface area contributed by atoms with Crippen LogP contribution in [0.4, 0.5) is 6.01 Å². The first-order valence-corrected chi connectivity index (χ1v) is 8.44. The van der Waals surface area contributed by atoms with Gasteiger partial charge in [0.1, 0.15) is 17.9 Å². The molecule has 2 aliphatic rings. The summed E-state index contributed by atoms with van der Waals surface area (Å²) in [6.07, 6.45) is 3.63. The van der Waals surface area contributed by atoms with E-state index in [0.29, 0.717) is 34.2 Å². The fraction of sp³-hybridized carbons (Fsp3) is 0.444. The summed E-state index contributed by atoms with van der Waals surface area (Å²) in [5.41, 5.74) is 2.50. The molecule has 1 aliphatic carbocycles. The molecule has 138 valence electrons. The van der Waals surface area contributed by atoms with Crippen LogP contribution in [-0.4, -0.2) is 48.0 Å². The van der Waals surface area contributed by atoms with Gasteiger partial charge in [-0.25, -0.2) is 4.99 Å². The Kier molecular flexibility index (Phi) is 4.43. The van der Waals surface area contributed by atoms with Crippen LogP contribution in [0.2, 0.25) is 0 Å². The second-order valence-corrected chi connectivity index (χ2v) is 6.86. The number of carbonyl (C=O) groups excluding carboxylic acids is 1. The molecule has 1 fully saturated rings. The first kappa shape index (κ1) is 17.9. The molecule has 3 rings (SSSR count). The van der Waals surface area contributed by atoms with Crippen molar-refractivity contribution >= 4 is 24.5 Å². The van der Waals surface area contributed by atoms with E-state index >= 15 is 0 Å². The Balaban J connectivity index is 2.03. The quantitative estimate of drug-likeness (QED) is 0.789. The molecule has 8 heteroatoms. The molecule has 0 saturated heterocycles. The molecule has 1 amide bonds. The number of rotatable bonds is 5. The maximum atomic E-state index is 12.9. The van der Waals surface area contributed by atoms with Gasteiger partial charge in [0.2, 0.25) is 0 Å². The number of oxazole rings is 1. The normalized spacial score (nSPS) is 21.5. The van der Waals surface area contributed by atoms with Gasteiger partial charge in [0.25, 0.3) is 5.91 Å². The van der Waals surface area contributed by atoms with Crippen molar-refractivity contribution < 1.29 is 9.21 Å². The minimum Gasteiger partial charge on any atom is -0.432 e. The third-order valence-corrected chi connectivity index (χ3v) is 4.93. The average molecular weight is 356 g/mol. The molecule has 0 unspecified atom stereocenters. The standard InChI is InChI=1S/C18H24N6O2/c1-10-9-26-17(21-10)23-16(25)12-11(2)22-14(19-4)13(12)15(20-5)24(6)18(3)7-8-18/h9H,5,7-8H2,1-4,6H3,(H,19,22)(H,21,23,25)/b15-13+. The van der Waals surface area contributed by atoms with E-state index in [4.69, 9.17) is 4.42 Å². The zero-order valence-corrected chi connectivity index (χ0v) is 15.8. The summed E-state index contributed by atoms with van der Waals surface area (Å²) in [5, 5.41) is 5.86. The van der Waals surface area contributed by atoms with Crippen molar-refractivity contribution in [3.05, 3.63) is 34.6 Å². The Labute approximate surface area is 152 Å². The zero-order valence-electron chi connectivity index (χ0n) is 15.8. The van der Waals surface area contributed by atoms with Gasteiger partial charge in [0.15, 0.2) is 0 Å². The van der Waals surface area contributed by atoms with Gasteiger partial charge < -0.3 is 14.6 Å². The molecule has 1 aromatic heterocycles. The molecule has 1 aliphatic heterocycles. The van der Waals surface area contributed by atoms with E-state index in [1.165, 1.54) is 6.26 Å². The molecule has 26 heavy (non-hydrogen) atoms. The Bertz CT molecular complexity index is 857. The number of hydrogen-bond acceptors (Lipinski definition) is 6. The van der Waals surface area contributed by atoms with Crippen molar-refractivity contribution in [3.63, 3.8) is 0 Å². The predicted molar refractivity (Wildman–Crippen MR) is 101 cm³/mol. The fourth-order valence-electron chi connectivity index (χ4n) is 2.97. The Hall–Kier alpha value is -2.90. The van der Waals surface area contributed by atoms with Gasteiger partial charge in [0.05, 0.1) is 16.8 Å². The molecule has 0 spiro atoms. The summed E-state index contributed by atoms with van der Waals surface area (Å²) in [5.74, 6) is 0.888. The molecule has 0 atom stereocenters. The van der Waals surface area contributed by atoms with Gasteiger partial charge in [-0.2, -0.15) is 4.98 Å². The summed E-state index contributed by atoms with van der Waals surface area (Å²) in [6.45, 7) is 9.51. The second-order valence-electron chi connectivity index (χ2n) is 6.86. The number of allylic oxidation sites excluding steroid dienone is 1. The van der Waals surface area contributed by atoms with Crippen LogP contribution in [0.25, 0.3) is 0 Å². The van der Waals surface area contributed by atoms with Crippen LogP contribution in [-0.2, 0) is 4.79 Å². The highest BCUT2D eigenvalue weighted by Crippen LogP contribution is 2.43. The molecular formula is C18H24N6O2.